The van der Waals surface area contributed by atoms with Crippen LogP contribution in [0, 0.1) is 17.1 Å². The van der Waals surface area contributed by atoms with E-state index in [4.69, 9.17) is 28.5 Å². The molecule has 0 radical (unpaired) electrons. The SMILES string of the molecule is N#CCc1nc(-c2cc(F)c(Cl)cc2Cl)cs1. The highest BCUT2D eigenvalue weighted by molar-refractivity contribution is 7.10. The minimum atomic E-state index is -0.541. The number of aromatic nitrogens is 1. The van der Waals surface area contributed by atoms with Crippen LogP contribution < -0.4 is 0 Å². The Bertz CT molecular complexity index is 604. The first-order chi connectivity index (χ1) is 8.11. The van der Waals surface area contributed by atoms with E-state index < -0.39 is 5.82 Å². The number of rotatable bonds is 2. The van der Waals surface area contributed by atoms with Crippen LogP contribution in [0.25, 0.3) is 11.3 Å². The van der Waals surface area contributed by atoms with Gasteiger partial charge in [0.05, 0.1) is 28.2 Å². The number of hydrogen-bond donors (Lipinski definition) is 0. The lowest BCUT2D eigenvalue weighted by molar-refractivity contribution is 0.628. The van der Waals surface area contributed by atoms with Gasteiger partial charge in [0.15, 0.2) is 0 Å². The summed E-state index contributed by atoms with van der Waals surface area (Å²) in [6.45, 7) is 0. The summed E-state index contributed by atoms with van der Waals surface area (Å²) in [6, 6.07) is 4.59. The maximum atomic E-state index is 13.3. The van der Waals surface area contributed by atoms with E-state index in [2.05, 4.69) is 4.98 Å². The monoisotopic (exact) mass is 286 g/mol. The molecule has 0 aliphatic rings. The van der Waals surface area contributed by atoms with Gasteiger partial charge in [-0.05, 0) is 12.1 Å². The summed E-state index contributed by atoms with van der Waals surface area (Å²) in [7, 11) is 0. The molecule has 2 aromatic rings. The molecule has 0 atom stereocenters. The Morgan fingerprint density at radius 2 is 2.12 bits per heavy atom. The fraction of sp³-hybridized carbons (Fsp3) is 0.0909. The number of thiazole rings is 1. The van der Waals surface area contributed by atoms with Crippen molar-refractivity contribution in [2.75, 3.05) is 0 Å². The fourth-order valence-electron chi connectivity index (χ4n) is 1.30. The summed E-state index contributed by atoms with van der Waals surface area (Å²) in [5.74, 6) is -0.541. The van der Waals surface area contributed by atoms with Gasteiger partial charge in [0, 0.05) is 10.9 Å². The molecule has 6 heteroatoms. The maximum Gasteiger partial charge on any atom is 0.142 e. The highest BCUT2D eigenvalue weighted by Crippen LogP contribution is 2.32. The van der Waals surface area contributed by atoms with E-state index in [1.54, 1.807) is 5.38 Å². The van der Waals surface area contributed by atoms with E-state index in [0.29, 0.717) is 21.3 Å². The van der Waals surface area contributed by atoms with Gasteiger partial charge in [-0.3, -0.25) is 0 Å². The van der Waals surface area contributed by atoms with E-state index >= 15 is 0 Å². The van der Waals surface area contributed by atoms with Crippen molar-refractivity contribution in [3.05, 3.63) is 38.4 Å². The number of hydrogen-bond acceptors (Lipinski definition) is 3. The van der Waals surface area contributed by atoms with Crippen LogP contribution >= 0.6 is 34.5 Å². The highest BCUT2D eigenvalue weighted by atomic mass is 35.5. The van der Waals surface area contributed by atoms with Crippen LogP contribution in [-0.2, 0) is 6.42 Å². The Morgan fingerprint density at radius 1 is 1.35 bits per heavy atom. The second-order valence-electron chi connectivity index (χ2n) is 3.21. The lowest BCUT2D eigenvalue weighted by Gasteiger charge is -2.02. The predicted molar refractivity (Wildman–Crippen MR) is 66.8 cm³/mol. The summed E-state index contributed by atoms with van der Waals surface area (Å²) < 4.78 is 13.3. The zero-order valence-electron chi connectivity index (χ0n) is 8.38. The quantitative estimate of drug-likeness (QED) is 0.771. The third-order valence-electron chi connectivity index (χ3n) is 2.07. The summed E-state index contributed by atoms with van der Waals surface area (Å²) >= 11 is 12.9. The minimum absolute atomic E-state index is 0.0220. The van der Waals surface area contributed by atoms with Crippen molar-refractivity contribution in [2.24, 2.45) is 0 Å². The van der Waals surface area contributed by atoms with Crippen LogP contribution in [0.5, 0.6) is 0 Å². The third kappa shape index (κ3) is 2.58. The molecule has 1 aromatic heterocycles. The van der Waals surface area contributed by atoms with Crippen molar-refractivity contribution in [2.45, 2.75) is 6.42 Å². The lowest BCUT2D eigenvalue weighted by Crippen LogP contribution is -1.86. The normalized spacial score (nSPS) is 10.2. The van der Waals surface area contributed by atoms with Crippen molar-refractivity contribution in [1.82, 2.24) is 4.98 Å². The Balaban J connectivity index is 2.46. The highest BCUT2D eigenvalue weighted by Gasteiger charge is 2.12. The predicted octanol–water partition coefficient (Wildman–Crippen LogP) is 4.32. The van der Waals surface area contributed by atoms with Crippen molar-refractivity contribution in [1.29, 1.82) is 5.26 Å². The lowest BCUT2D eigenvalue weighted by atomic mass is 10.1. The largest absolute Gasteiger partial charge is 0.240 e. The zero-order valence-corrected chi connectivity index (χ0v) is 10.7. The summed E-state index contributed by atoms with van der Waals surface area (Å²) in [5, 5.41) is 11.3. The molecule has 0 saturated carbocycles. The molecule has 0 unspecified atom stereocenters. The van der Waals surface area contributed by atoms with Crippen LogP contribution in [0.2, 0.25) is 10.0 Å². The van der Waals surface area contributed by atoms with Gasteiger partial charge in [-0.25, -0.2) is 9.37 Å². The van der Waals surface area contributed by atoms with Crippen LogP contribution in [0.4, 0.5) is 4.39 Å². The van der Waals surface area contributed by atoms with Crippen LogP contribution in [-0.4, -0.2) is 4.98 Å². The Hall–Kier alpha value is -1.15. The molecule has 86 valence electrons. The van der Waals surface area contributed by atoms with E-state index in [1.807, 2.05) is 6.07 Å². The summed E-state index contributed by atoms with van der Waals surface area (Å²) in [5.41, 5.74) is 1.04. The van der Waals surface area contributed by atoms with E-state index in [0.717, 1.165) is 0 Å². The molecule has 0 amide bonds. The molecule has 17 heavy (non-hydrogen) atoms. The summed E-state index contributed by atoms with van der Waals surface area (Å²) in [6.07, 6.45) is 0.234. The molecule has 2 nitrogen and oxygen atoms in total. The molecule has 1 aromatic carbocycles. The second kappa shape index (κ2) is 5.01. The minimum Gasteiger partial charge on any atom is -0.240 e. The van der Waals surface area contributed by atoms with Gasteiger partial charge >= 0.3 is 0 Å². The van der Waals surface area contributed by atoms with Gasteiger partial charge in [0.2, 0.25) is 0 Å². The van der Waals surface area contributed by atoms with Gasteiger partial charge in [-0.1, -0.05) is 23.2 Å². The fourth-order valence-corrected chi connectivity index (χ4v) is 2.51. The Labute approximate surface area is 111 Å². The molecule has 1 heterocycles. The maximum absolute atomic E-state index is 13.3. The van der Waals surface area contributed by atoms with Gasteiger partial charge in [0.25, 0.3) is 0 Å². The first-order valence-electron chi connectivity index (χ1n) is 4.58. The second-order valence-corrected chi connectivity index (χ2v) is 4.96. The number of benzene rings is 1. The Kier molecular flexibility index (Phi) is 3.63. The van der Waals surface area contributed by atoms with Crippen LogP contribution in [0.3, 0.4) is 0 Å². The average molecular weight is 287 g/mol. The molecule has 0 fully saturated rings. The molecule has 0 N–H and O–H groups in total. The molecule has 2 rings (SSSR count). The van der Waals surface area contributed by atoms with Crippen molar-refractivity contribution < 1.29 is 4.39 Å². The first kappa shape index (κ1) is 12.3. The van der Waals surface area contributed by atoms with Crippen LogP contribution in [0.15, 0.2) is 17.5 Å². The summed E-state index contributed by atoms with van der Waals surface area (Å²) in [4.78, 5) is 4.20. The van der Waals surface area contributed by atoms with E-state index in [9.17, 15) is 4.39 Å². The van der Waals surface area contributed by atoms with Crippen molar-refractivity contribution >= 4 is 34.5 Å². The van der Waals surface area contributed by atoms with Crippen molar-refractivity contribution in [3.8, 4) is 17.3 Å². The van der Waals surface area contributed by atoms with Gasteiger partial charge in [0.1, 0.15) is 10.8 Å². The smallest absolute Gasteiger partial charge is 0.142 e. The van der Waals surface area contributed by atoms with Crippen LogP contribution in [0.1, 0.15) is 5.01 Å². The molecule has 0 spiro atoms. The standard InChI is InChI=1S/C11H5Cl2FN2S/c12-7-4-8(13)9(14)3-6(7)10-5-17-11(16-10)1-2-15/h3-5H,1H2. The average Bonchev–Trinajstić information content (AvgIpc) is 2.72. The van der Waals surface area contributed by atoms with Gasteiger partial charge in [-0.15, -0.1) is 11.3 Å². The van der Waals surface area contributed by atoms with Crippen molar-refractivity contribution in [3.63, 3.8) is 0 Å². The van der Waals surface area contributed by atoms with E-state index in [1.165, 1.54) is 23.5 Å². The topological polar surface area (TPSA) is 36.7 Å². The van der Waals surface area contributed by atoms with E-state index in [-0.39, 0.29) is 11.4 Å². The molecule has 0 bridgehead atoms. The zero-order chi connectivity index (χ0) is 12.4. The van der Waals surface area contributed by atoms with Gasteiger partial charge in [-0.2, -0.15) is 5.26 Å². The molecular weight excluding hydrogens is 282 g/mol. The Morgan fingerprint density at radius 3 is 2.82 bits per heavy atom. The molecule has 0 aliphatic heterocycles. The third-order valence-corrected chi connectivity index (χ3v) is 3.52. The molecular formula is C11H5Cl2FN2S. The van der Waals surface area contributed by atoms with Gasteiger partial charge < -0.3 is 0 Å². The number of halogens is 3. The first-order valence-corrected chi connectivity index (χ1v) is 6.21. The number of nitrogens with zero attached hydrogens (tertiary/aromatic N) is 2. The number of nitriles is 1. The molecule has 0 aliphatic carbocycles. The molecule has 0 saturated heterocycles.